The van der Waals surface area contributed by atoms with Gasteiger partial charge in [-0.3, -0.25) is 4.79 Å². The summed E-state index contributed by atoms with van der Waals surface area (Å²) in [7, 11) is 0. The Bertz CT molecular complexity index is 107. The first-order valence-corrected chi connectivity index (χ1v) is 2.93. The number of rotatable bonds is 2. The lowest BCUT2D eigenvalue weighted by Gasteiger charge is -2.14. The molecular weight excluding hydrogens is 120 g/mol. The summed E-state index contributed by atoms with van der Waals surface area (Å²) in [5.74, 6) is 0. The second-order valence-corrected chi connectivity index (χ2v) is 2.07. The Labute approximate surface area is 53.4 Å². The van der Waals surface area contributed by atoms with Crippen LogP contribution >= 0.6 is 0 Å². The molecule has 1 saturated heterocycles. The van der Waals surface area contributed by atoms with E-state index in [2.05, 4.69) is 5.32 Å². The molecule has 4 nitrogen and oxygen atoms in total. The van der Waals surface area contributed by atoms with Crippen LogP contribution in [0.1, 0.15) is 12.8 Å². The summed E-state index contributed by atoms with van der Waals surface area (Å²) in [4.78, 5) is 9.73. The Kier molecular flexibility index (Phi) is 2.02. The topological polar surface area (TPSA) is 52.6 Å². The van der Waals surface area contributed by atoms with Crippen molar-refractivity contribution in [3.8, 4) is 0 Å². The normalized spacial score (nSPS) is 28.3. The molecule has 0 spiro atoms. The van der Waals surface area contributed by atoms with Gasteiger partial charge in [0.25, 0.3) is 0 Å². The summed E-state index contributed by atoms with van der Waals surface area (Å²) in [6, 6.07) is 0. The van der Waals surface area contributed by atoms with Crippen molar-refractivity contribution in [1.82, 2.24) is 10.4 Å². The van der Waals surface area contributed by atoms with Gasteiger partial charge in [0.1, 0.15) is 6.17 Å². The summed E-state index contributed by atoms with van der Waals surface area (Å²) >= 11 is 0. The third-order valence-electron chi connectivity index (χ3n) is 1.45. The minimum atomic E-state index is -0.206. The number of carbonyl (C=O) groups excluding carboxylic acids is 1. The first-order valence-electron chi connectivity index (χ1n) is 2.93. The summed E-state index contributed by atoms with van der Waals surface area (Å²) in [5.41, 5.74) is 0. The monoisotopic (exact) mass is 129 g/mol. The highest BCUT2D eigenvalue weighted by Crippen LogP contribution is 2.10. The van der Waals surface area contributed by atoms with Gasteiger partial charge >= 0.3 is 6.41 Å². The Morgan fingerprint density at radius 3 is 3.00 bits per heavy atom. The quantitative estimate of drug-likeness (QED) is 0.492. The van der Waals surface area contributed by atoms with E-state index >= 15 is 0 Å². The Morgan fingerprint density at radius 2 is 2.56 bits per heavy atom. The maximum Gasteiger partial charge on any atom is 0.310 e. The molecule has 0 saturated carbocycles. The van der Waals surface area contributed by atoms with E-state index in [0.717, 1.165) is 17.9 Å². The highest BCUT2D eigenvalue weighted by atomic mass is 16.5. The van der Waals surface area contributed by atoms with Gasteiger partial charge in [0.05, 0.1) is 0 Å². The van der Waals surface area contributed by atoms with Crippen molar-refractivity contribution in [3.63, 3.8) is 0 Å². The molecule has 0 aliphatic carbocycles. The number of amides is 1. The third kappa shape index (κ3) is 1.40. The van der Waals surface area contributed by atoms with E-state index in [1.807, 2.05) is 0 Å². The predicted octanol–water partition coefficient (Wildman–Crippen LogP) is -0.546. The number of hydroxylamine groups is 2. The van der Waals surface area contributed by atoms with Gasteiger partial charge in [-0.05, 0) is 12.8 Å². The van der Waals surface area contributed by atoms with Gasteiger partial charge in [0.15, 0.2) is 0 Å². The SMILES string of the molecule is O=[C]NC1CCCN1O. The average molecular weight is 129 g/mol. The predicted molar refractivity (Wildman–Crippen MR) is 30.3 cm³/mol. The van der Waals surface area contributed by atoms with Crippen molar-refractivity contribution in [2.24, 2.45) is 0 Å². The van der Waals surface area contributed by atoms with Crippen LogP contribution in [-0.4, -0.2) is 29.4 Å². The standard InChI is InChI=1S/C5H9N2O2/c8-4-6-5-2-1-3-7(5)9/h5,9H,1-3H2,(H,6,8). The van der Waals surface area contributed by atoms with Crippen molar-refractivity contribution in [2.45, 2.75) is 19.0 Å². The minimum Gasteiger partial charge on any atom is -0.330 e. The minimum absolute atomic E-state index is 0.206. The van der Waals surface area contributed by atoms with E-state index in [9.17, 15) is 4.79 Å². The molecule has 4 heteroatoms. The summed E-state index contributed by atoms with van der Waals surface area (Å²) in [6.07, 6.45) is 3.07. The van der Waals surface area contributed by atoms with Crippen LogP contribution in [0.4, 0.5) is 0 Å². The van der Waals surface area contributed by atoms with E-state index < -0.39 is 0 Å². The maximum atomic E-state index is 9.73. The van der Waals surface area contributed by atoms with Crippen molar-refractivity contribution >= 4 is 6.41 Å². The van der Waals surface area contributed by atoms with E-state index in [0.29, 0.717) is 6.54 Å². The fourth-order valence-corrected chi connectivity index (χ4v) is 0.966. The molecule has 1 radical (unpaired) electrons. The molecule has 1 aliphatic heterocycles. The zero-order chi connectivity index (χ0) is 6.69. The van der Waals surface area contributed by atoms with Crippen LogP contribution in [0, 0.1) is 0 Å². The molecule has 0 aromatic heterocycles. The Hall–Kier alpha value is -0.610. The molecule has 1 fully saturated rings. The fraction of sp³-hybridized carbons (Fsp3) is 0.800. The molecule has 1 rings (SSSR count). The van der Waals surface area contributed by atoms with E-state index in [1.54, 1.807) is 0 Å². The molecule has 1 atom stereocenters. The Balaban J connectivity index is 2.30. The number of nitrogens with one attached hydrogen (secondary N) is 1. The molecule has 0 aromatic rings. The smallest absolute Gasteiger partial charge is 0.310 e. The molecule has 0 bridgehead atoms. The second-order valence-electron chi connectivity index (χ2n) is 2.07. The van der Waals surface area contributed by atoms with Crippen molar-refractivity contribution < 1.29 is 10.0 Å². The van der Waals surface area contributed by atoms with Gasteiger partial charge < -0.3 is 10.5 Å². The summed E-state index contributed by atoms with van der Waals surface area (Å²) < 4.78 is 0. The van der Waals surface area contributed by atoms with Crippen molar-refractivity contribution in [3.05, 3.63) is 0 Å². The van der Waals surface area contributed by atoms with Gasteiger partial charge in [-0.25, -0.2) is 0 Å². The fourth-order valence-electron chi connectivity index (χ4n) is 0.966. The van der Waals surface area contributed by atoms with Gasteiger partial charge in [-0.1, -0.05) is 0 Å². The second kappa shape index (κ2) is 2.80. The van der Waals surface area contributed by atoms with Crippen LogP contribution in [-0.2, 0) is 4.79 Å². The van der Waals surface area contributed by atoms with Crippen molar-refractivity contribution in [1.29, 1.82) is 0 Å². The average Bonchev–Trinajstić information content (AvgIpc) is 2.18. The number of hydrogen-bond acceptors (Lipinski definition) is 3. The van der Waals surface area contributed by atoms with Crippen LogP contribution in [0.15, 0.2) is 0 Å². The Morgan fingerprint density at radius 1 is 1.78 bits per heavy atom. The molecular formula is C5H9N2O2. The highest BCUT2D eigenvalue weighted by molar-refractivity contribution is 5.47. The van der Waals surface area contributed by atoms with Crippen LogP contribution in [0.5, 0.6) is 0 Å². The largest absolute Gasteiger partial charge is 0.330 e. The summed E-state index contributed by atoms with van der Waals surface area (Å²) in [5, 5.41) is 12.4. The third-order valence-corrected chi connectivity index (χ3v) is 1.45. The van der Waals surface area contributed by atoms with Gasteiger partial charge in [0.2, 0.25) is 0 Å². The zero-order valence-corrected chi connectivity index (χ0v) is 5.00. The number of hydrogen-bond donors (Lipinski definition) is 2. The van der Waals surface area contributed by atoms with Crippen LogP contribution in [0.3, 0.4) is 0 Å². The first-order chi connectivity index (χ1) is 4.34. The van der Waals surface area contributed by atoms with Gasteiger partial charge in [-0.15, -0.1) is 0 Å². The van der Waals surface area contributed by atoms with Gasteiger partial charge in [-0.2, -0.15) is 5.06 Å². The van der Waals surface area contributed by atoms with Crippen LogP contribution in [0.25, 0.3) is 0 Å². The first kappa shape index (κ1) is 6.51. The van der Waals surface area contributed by atoms with Gasteiger partial charge in [0, 0.05) is 6.54 Å². The van der Waals surface area contributed by atoms with E-state index in [4.69, 9.17) is 5.21 Å². The zero-order valence-electron chi connectivity index (χ0n) is 5.00. The lowest BCUT2D eigenvalue weighted by molar-refractivity contribution is -0.106. The lowest BCUT2D eigenvalue weighted by Crippen LogP contribution is -2.38. The molecule has 1 unspecified atom stereocenters. The van der Waals surface area contributed by atoms with E-state index in [-0.39, 0.29) is 6.17 Å². The molecule has 2 N–H and O–H groups in total. The molecule has 9 heavy (non-hydrogen) atoms. The summed E-state index contributed by atoms with van der Waals surface area (Å²) in [6.45, 7) is 0.638. The highest BCUT2D eigenvalue weighted by Gasteiger charge is 2.21. The molecule has 1 amide bonds. The molecule has 0 aromatic carbocycles. The van der Waals surface area contributed by atoms with Crippen LogP contribution < -0.4 is 5.32 Å². The molecule has 1 heterocycles. The lowest BCUT2D eigenvalue weighted by atomic mass is 10.3. The van der Waals surface area contributed by atoms with Crippen LogP contribution in [0.2, 0.25) is 0 Å². The molecule has 51 valence electrons. The number of nitrogens with zero attached hydrogens (tertiary/aromatic N) is 1. The van der Waals surface area contributed by atoms with Crippen molar-refractivity contribution in [2.75, 3.05) is 6.54 Å². The van der Waals surface area contributed by atoms with E-state index in [1.165, 1.54) is 6.41 Å². The maximum absolute atomic E-state index is 9.73. The molecule has 1 aliphatic rings.